The lowest BCUT2D eigenvalue weighted by atomic mass is 10.1. The van der Waals surface area contributed by atoms with Crippen molar-refractivity contribution in [2.24, 2.45) is 5.73 Å². The second kappa shape index (κ2) is 5.49. The molecule has 84 valence electrons. The first-order valence-electron chi connectivity index (χ1n) is 4.86. The van der Waals surface area contributed by atoms with Crippen molar-refractivity contribution in [3.8, 4) is 5.75 Å². The molecule has 0 saturated carbocycles. The highest BCUT2D eigenvalue weighted by Gasteiger charge is 2.09. The van der Waals surface area contributed by atoms with Gasteiger partial charge in [-0.1, -0.05) is 15.9 Å². The van der Waals surface area contributed by atoms with Crippen LogP contribution in [0.2, 0.25) is 0 Å². The van der Waals surface area contributed by atoms with Crippen molar-refractivity contribution < 1.29 is 9.84 Å². The van der Waals surface area contributed by atoms with Crippen LogP contribution < -0.4 is 10.5 Å². The van der Waals surface area contributed by atoms with Crippen molar-refractivity contribution >= 4 is 15.9 Å². The van der Waals surface area contributed by atoms with Gasteiger partial charge in [0, 0.05) is 16.1 Å². The van der Waals surface area contributed by atoms with Gasteiger partial charge in [0.2, 0.25) is 0 Å². The number of aliphatic hydroxyl groups is 1. The van der Waals surface area contributed by atoms with Crippen LogP contribution in [-0.2, 0) is 0 Å². The Morgan fingerprint density at radius 2 is 2.13 bits per heavy atom. The van der Waals surface area contributed by atoms with Crippen molar-refractivity contribution in [3.05, 3.63) is 28.2 Å². The number of aliphatic hydroxyl groups excluding tert-OH is 1. The zero-order chi connectivity index (χ0) is 11.4. The van der Waals surface area contributed by atoms with Gasteiger partial charge >= 0.3 is 0 Å². The minimum Gasteiger partial charge on any atom is -0.491 e. The maximum Gasteiger partial charge on any atom is 0.124 e. The van der Waals surface area contributed by atoms with Crippen molar-refractivity contribution in [2.75, 3.05) is 6.61 Å². The van der Waals surface area contributed by atoms with E-state index in [2.05, 4.69) is 15.9 Å². The van der Waals surface area contributed by atoms with Crippen LogP contribution in [0.25, 0.3) is 0 Å². The fraction of sp³-hybridized carbons (Fsp3) is 0.455. The summed E-state index contributed by atoms with van der Waals surface area (Å²) in [6.07, 6.45) is -0.477. The maximum atomic E-state index is 9.13. The van der Waals surface area contributed by atoms with Crippen LogP contribution in [0.1, 0.15) is 25.5 Å². The van der Waals surface area contributed by atoms with Crippen molar-refractivity contribution in [2.45, 2.75) is 26.0 Å². The summed E-state index contributed by atoms with van der Waals surface area (Å²) < 4.78 is 6.44. The van der Waals surface area contributed by atoms with Gasteiger partial charge in [0.1, 0.15) is 12.4 Å². The summed E-state index contributed by atoms with van der Waals surface area (Å²) in [5.74, 6) is 0.731. The van der Waals surface area contributed by atoms with Gasteiger partial charge in [0.15, 0.2) is 0 Å². The number of nitrogens with two attached hydrogens (primary N) is 1. The molecule has 2 atom stereocenters. The first kappa shape index (κ1) is 12.5. The molecule has 0 aliphatic rings. The van der Waals surface area contributed by atoms with Crippen LogP contribution in [0, 0.1) is 0 Å². The Morgan fingerprint density at radius 1 is 1.47 bits per heavy atom. The lowest BCUT2D eigenvalue weighted by molar-refractivity contribution is 0.122. The molecule has 1 aromatic carbocycles. The molecule has 0 heterocycles. The third kappa shape index (κ3) is 3.81. The van der Waals surface area contributed by atoms with E-state index in [1.807, 2.05) is 25.1 Å². The molecule has 1 aromatic rings. The molecule has 1 rings (SSSR count). The predicted octanol–water partition coefficient (Wildman–Crippen LogP) is 2.23. The molecule has 0 aliphatic carbocycles. The monoisotopic (exact) mass is 273 g/mol. The topological polar surface area (TPSA) is 55.5 Å². The van der Waals surface area contributed by atoms with Crippen LogP contribution >= 0.6 is 15.9 Å². The summed E-state index contributed by atoms with van der Waals surface area (Å²) in [6, 6.07) is 5.59. The fourth-order valence-electron chi connectivity index (χ4n) is 1.22. The molecule has 0 saturated heterocycles. The van der Waals surface area contributed by atoms with Gasteiger partial charge in [-0.25, -0.2) is 0 Å². The minimum atomic E-state index is -0.477. The Morgan fingerprint density at radius 3 is 2.67 bits per heavy atom. The van der Waals surface area contributed by atoms with E-state index in [0.29, 0.717) is 0 Å². The van der Waals surface area contributed by atoms with E-state index in [9.17, 15) is 0 Å². The average Bonchev–Trinajstić information content (AvgIpc) is 2.15. The second-order valence-corrected chi connectivity index (χ2v) is 4.55. The SMILES string of the molecule is CC(O)COc1ccc(Br)cc1C(C)N. The molecule has 0 bridgehead atoms. The smallest absolute Gasteiger partial charge is 0.124 e. The zero-order valence-electron chi connectivity index (χ0n) is 8.90. The molecule has 0 fully saturated rings. The molecule has 0 aliphatic heterocycles. The van der Waals surface area contributed by atoms with Gasteiger partial charge in [-0.05, 0) is 32.0 Å². The molecule has 0 amide bonds. The zero-order valence-corrected chi connectivity index (χ0v) is 10.5. The number of hydrogen-bond acceptors (Lipinski definition) is 3. The third-order valence-corrected chi connectivity index (χ3v) is 2.44. The number of rotatable bonds is 4. The standard InChI is InChI=1S/C11H16BrNO2/c1-7(14)6-15-11-4-3-9(12)5-10(11)8(2)13/h3-5,7-8,14H,6,13H2,1-2H3. The van der Waals surface area contributed by atoms with E-state index in [1.165, 1.54) is 0 Å². The number of ether oxygens (including phenoxy) is 1. The van der Waals surface area contributed by atoms with E-state index >= 15 is 0 Å². The summed E-state index contributed by atoms with van der Waals surface area (Å²) in [5.41, 5.74) is 6.76. The van der Waals surface area contributed by atoms with Crippen molar-refractivity contribution in [1.82, 2.24) is 0 Å². The maximum absolute atomic E-state index is 9.13. The third-order valence-electron chi connectivity index (χ3n) is 1.94. The van der Waals surface area contributed by atoms with E-state index < -0.39 is 6.10 Å². The molecule has 0 aromatic heterocycles. The quantitative estimate of drug-likeness (QED) is 0.885. The first-order valence-corrected chi connectivity index (χ1v) is 5.66. The van der Waals surface area contributed by atoms with Gasteiger partial charge in [-0.2, -0.15) is 0 Å². The molecular weight excluding hydrogens is 258 g/mol. The highest BCUT2D eigenvalue weighted by Crippen LogP contribution is 2.27. The van der Waals surface area contributed by atoms with Gasteiger partial charge in [0.05, 0.1) is 6.10 Å². The Balaban J connectivity index is 2.86. The Kier molecular flexibility index (Phi) is 4.57. The number of halogens is 1. The first-order chi connectivity index (χ1) is 7.00. The van der Waals surface area contributed by atoms with Crippen LogP contribution in [0.3, 0.4) is 0 Å². The number of benzene rings is 1. The minimum absolute atomic E-state index is 0.0912. The summed E-state index contributed by atoms with van der Waals surface area (Å²) in [6.45, 7) is 3.86. The molecule has 15 heavy (non-hydrogen) atoms. The summed E-state index contributed by atoms with van der Waals surface area (Å²) in [7, 11) is 0. The molecule has 0 spiro atoms. The van der Waals surface area contributed by atoms with Gasteiger partial charge in [-0.15, -0.1) is 0 Å². The van der Waals surface area contributed by atoms with Gasteiger partial charge in [0.25, 0.3) is 0 Å². The Bertz CT molecular complexity index is 326. The molecule has 3 N–H and O–H groups in total. The largest absolute Gasteiger partial charge is 0.491 e. The number of hydrogen-bond donors (Lipinski definition) is 2. The van der Waals surface area contributed by atoms with E-state index in [0.717, 1.165) is 15.8 Å². The molecule has 3 nitrogen and oxygen atoms in total. The summed E-state index contributed by atoms with van der Waals surface area (Å²) >= 11 is 3.38. The molecular formula is C11H16BrNO2. The lowest BCUT2D eigenvalue weighted by Crippen LogP contribution is -2.15. The van der Waals surface area contributed by atoms with Crippen LogP contribution in [0.4, 0.5) is 0 Å². The normalized spacial score (nSPS) is 14.7. The van der Waals surface area contributed by atoms with Gasteiger partial charge in [-0.3, -0.25) is 0 Å². The Hall–Kier alpha value is -0.580. The molecule has 0 radical (unpaired) electrons. The van der Waals surface area contributed by atoms with Crippen molar-refractivity contribution in [1.29, 1.82) is 0 Å². The Labute approximate surface area is 98.4 Å². The van der Waals surface area contributed by atoms with Crippen LogP contribution in [-0.4, -0.2) is 17.8 Å². The molecule has 2 unspecified atom stereocenters. The van der Waals surface area contributed by atoms with E-state index in [1.54, 1.807) is 6.92 Å². The van der Waals surface area contributed by atoms with E-state index in [4.69, 9.17) is 15.6 Å². The highest BCUT2D eigenvalue weighted by atomic mass is 79.9. The summed E-state index contributed by atoms with van der Waals surface area (Å²) in [4.78, 5) is 0. The predicted molar refractivity (Wildman–Crippen MR) is 63.9 cm³/mol. The highest BCUT2D eigenvalue weighted by molar-refractivity contribution is 9.10. The average molecular weight is 274 g/mol. The second-order valence-electron chi connectivity index (χ2n) is 3.63. The van der Waals surface area contributed by atoms with Crippen LogP contribution in [0.15, 0.2) is 22.7 Å². The fourth-order valence-corrected chi connectivity index (χ4v) is 1.60. The molecule has 4 heteroatoms. The summed E-state index contributed by atoms with van der Waals surface area (Å²) in [5, 5.41) is 9.13. The van der Waals surface area contributed by atoms with E-state index in [-0.39, 0.29) is 12.6 Å². The lowest BCUT2D eigenvalue weighted by Gasteiger charge is -2.15. The van der Waals surface area contributed by atoms with Gasteiger partial charge < -0.3 is 15.6 Å². The van der Waals surface area contributed by atoms with Crippen molar-refractivity contribution in [3.63, 3.8) is 0 Å². The van der Waals surface area contributed by atoms with Crippen LogP contribution in [0.5, 0.6) is 5.75 Å².